The first-order valence-electron chi connectivity index (χ1n) is 11.7. The molecule has 0 spiro atoms. The van der Waals surface area contributed by atoms with Crippen LogP contribution in [0.4, 0.5) is 8.78 Å². The third kappa shape index (κ3) is 2.74. The molecule has 4 aliphatic rings. The summed E-state index contributed by atoms with van der Waals surface area (Å²) in [6.07, 6.45) is 1.30. The van der Waals surface area contributed by atoms with Gasteiger partial charge in [-0.15, -0.1) is 0 Å². The normalized spacial score (nSPS) is 46.5. The Balaban J connectivity index is 1.87. The van der Waals surface area contributed by atoms with Crippen LogP contribution in [0.3, 0.4) is 0 Å². The van der Waals surface area contributed by atoms with E-state index in [1.807, 2.05) is 0 Å². The first-order valence-corrected chi connectivity index (χ1v) is 11.7. The van der Waals surface area contributed by atoms with Crippen molar-refractivity contribution >= 4 is 17.5 Å². The number of rotatable bonds is 4. The molecule has 0 bridgehead atoms. The predicted octanol–water partition coefficient (Wildman–Crippen LogP) is 3.15. The fourth-order valence-corrected chi connectivity index (χ4v) is 7.85. The summed E-state index contributed by atoms with van der Waals surface area (Å²) < 4.78 is 37.8. The maximum atomic E-state index is 17.2. The minimum Gasteiger partial charge on any atom is -0.450 e. The summed E-state index contributed by atoms with van der Waals surface area (Å²) in [5, 5.41) is 21.1. The molecule has 0 unspecified atom stereocenters. The molecule has 3 saturated carbocycles. The van der Waals surface area contributed by atoms with Crippen molar-refractivity contribution in [1.82, 2.24) is 0 Å². The number of carbonyl (C=O) groups excluding carboxylic acids is 3. The molecule has 182 valence electrons. The van der Waals surface area contributed by atoms with Crippen molar-refractivity contribution in [3.05, 3.63) is 23.6 Å². The lowest BCUT2D eigenvalue weighted by Crippen LogP contribution is -2.70. The zero-order chi connectivity index (χ0) is 24.6. The molecular weight excluding hydrogens is 434 g/mol. The maximum Gasteiger partial charge on any atom is 0.306 e. The van der Waals surface area contributed by atoms with E-state index >= 15 is 4.39 Å². The van der Waals surface area contributed by atoms with Crippen LogP contribution < -0.4 is 0 Å². The van der Waals surface area contributed by atoms with Crippen molar-refractivity contribution in [2.75, 3.05) is 6.61 Å². The van der Waals surface area contributed by atoms with Crippen LogP contribution in [-0.2, 0) is 19.1 Å². The van der Waals surface area contributed by atoms with E-state index in [0.717, 1.165) is 6.08 Å². The molecule has 0 aromatic heterocycles. The van der Waals surface area contributed by atoms with Gasteiger partial charge >= 0.3 is 5.97 Å². The lowest BCUT2D eigenvalue weighted by molar-refractivity contribution is -0.228. The molecule has 0 amide bonds. The zero-order valence-corrected chi connectivity index (χ0v) is 19.5. The van der Waals surface area contributed by atoms with Gasteiger partial charge in [0.2, 0.25) is 11.6 Å². The number of hydrogen-bond donors (Lipinski definition) is 2. The molecule has 2 N–H and O–H groups in total. The summed E-state index contributed by atoms with van der Waals surface area (Å²) in [4.78, 5) is 37.5. The van der Waals surface area contributed by atoms with Crippen LogP contribution in [0.5, 0.6) is 0 Å². The molecule has 4 rings (SSSR count). The van der Waals surface area contributed by atoms with Crippen LogP contribution in [0, 0.1) is 28.6 Å². The monoisotopic (exact) mass is 466 g/mol. The van der Waals surface area contributed by atoms with Crippen molar-refractivity contribution in [3.63, 3.8) is 0 Å². The SMILES string of the molecule is CCC(=O)O[C@@]1(C(=O)CO)[C@@H](C)C[C@H]2[C@@H]3CCC4=C(F)C(=O)C=C[C@]4(C)[C@@]3(F)[C@@H](O)C[C@@]21C. The number of halogens is 2. The highest BCUT2D eigenvalue weighted by Crippen LogP contribution is 2.71. The summed E-state index contributed by atoms with van der Waals surface area (Å²) in [7, 11) is 0. The first kappa shape index (κ1) is 24.2. The van der Waals surface area contributed by atoms with Crippen molar-refractivity contribution in [1.29, 1.82) is 0 Å². The van der Waals surface area contributed by atoms with Gasteiger partial charge in [-0.05, 0) is 50.2 Å². The van der Waals surface area contributed by atoms with Gasteiger partial charge in [0.25, 0.3) is 0 Å². The molecule has 0 aromatic rings. The quantitative estimate of drug-likeness (QED) is 0.618. The lowest BCUT2D eigenvalue weighted by Gasteiger charge is -2.62. The standard InChI is InChI=1S/C25H32F2O6/c1-5-20(32)33-25(19(31)12-28)13(2)10-16-14-6-7-15-21(26)17(29)8-9-22(15,3)24(14,27)18(30)11-23(16,25)4/h8-9,13-14,16,18,28,30H,5-7,10-12H2,1-4H3/t13-,14-,16-,18-,22-,23-,24-,25+/m0/s1. The fraction of sp³-hybridized carbons (Fsp3) is 0.720. The molecule has 0 radical (unpaired) electrons. The van der Waals surface area contributed by atoms with Crippen molar-refractivity contribution < 1.29 is 38.1 Å². The Bertz CT molecular complexity index is 974. The van der Waals surface area contributed by atoms with Gasteiger partial charge in [0.1, 0.15) is 6.61 Å². The van der Waals surface area contributed by atoms with Gasteiger partial charge in [-0.1, -0.05) is 26.8 Å². The van der Waals surface area contributed by atoms with E-state index in [1.165, 1.54) is 13.0 Å². The number of carbonyl (C=O) groups is 3. The predicted molar refractivity (Wildman–Crippen MR) is 114 cm³/mol. The van der Waals surface area contributed by atoms with Crippen LogP contribution in [-0.4, -0.2) is 51.7 Å². The molecule has 0 saturated heterocycles. The Morgan fingerprint density at radius 3 is 2.55 bits per heavy atom. The van der Waals surface area contributed by atoms with Gasteiger partial charge in [-0.25, -0.2) is 8.78 Å². The van der Waals surface area contributed by atoms with Gasteiger partial charge < -0.3 is 14.9 Å². The topological polar surface area (TPSA) is 101 Å². The van der Waals surface area contributed by atoms with Crippen molar-refractivity contribution in [3.8, 4) is 0 Å². The molecule has 8 heteroatoms. The molecule has 3 fully saturated rings. The highest BCUT2D eigenvalue weighted by molar-refractivity contribution is 6.04. The first-order chi connectivity index (χ1) is 15.3. The second kappa shape index (κ2) is 7.54. The van der Waals surface area contributed by atoms with Crippen LogP contribution in [0.25, 0.3) is 0 Å². The molecule has 33 heavy (non-hydrogen) atoms. The summed E-state index contributed by atoms with van der Waals surface area (Å²) in [6.45, 7) is 5.76. The number of alkyl halides is 1. The number of ether oxygens (including phenoxy) is 1. The molecule has 6 nitrogen and oxygen atoms in total. The molecule has 0 aliphatic heterocycles. The van der Waals surface area contributed by atoms with E-state index < -0.39 is 75.9 Å². The van der Waals surface area contributed by atoms with E-state index in [2.05, 4.69) is 0 Å². The average Bonchev–Trinajstić information content (AvgIpc) is 2.99. The minimum absolute atomic E-state index is 0.0251. The number of fused-ring (bicyclic) bond motifs is 5. The Morgan fingerprint density at radius 2 is 1.94 bits per heavy atom. The molecule has 4 aliphatic carbocycles. The molecule has 0 aromatic carbocycles. The second-order valence-electron chi connectivity index (χ2n) is 10.6. The third-order valence-electron chi connectivity index (χ3n) is 9.39. The Morgan fingerprint density at radius 1 is 1.27 bits per heavy atom. The number of Topliss-reactive ketones (excluding diaryl/α,β-unsaturated/α-hetero) is 1. The Labute approximate surface area is 192 Å². The number of esters is 1. The number of hydrogen-bond acceptors (Lipinski definition) is 6. The van der Waals surface area contributed by atoms with E-state index in [0.29, 0.717) is 6.42 Å². The summed E-state index contributed by atoms with van der Waals surface area (Å²) in [5.74, 6) is -4.76. The summed E-state index contributed by atoms with van der Waals surface area (Å²) in [6, 6.07) is 0. The van der Waals surface area contributed by atoms with E-state index in [9.17, 15) is 29.0 Å². The maximum absolute atomic E-state index is 17.2. The number of ketones is 2. The van der Waals surface area contributed by atoms with E-state index in [4.69, 9.17) is 4.74 Å². The Kier molecular flexibility index (Phi) is 5.53. The number of allylic oxidation sites excluding steroid dienone is 4. The van der Waals surface area contributed by atoms with Gasteiger partial charge in [0.05, 0.1) is 6.10 Å². The van der Waals surface area contributed by atoms with Crippen LogP contribution in [0.2, 0.25) is 0 Å². The Hall–Kier alpha value is -1.93. The molecule has 8 atom stereocenters. The van der Waals surface area contributed by atoms with E-state index in [1.54, 1.807) is 20.8 Å². The lowest BCUT2D eigenvalue weighted by atomic mass is 9.44. The third-order valence-corrected chi connectivity index (χ3v) is 9.39. The zero-order valence-electron chi connectivity index (χ0n) is 19.5. The number of aliphatic hydroxyl groups is 2. The average molecular weight is 467 g/mol. The van der Waals surface area contributed by atoms with Crippen LogP contribution in [0.15, 0.2) is 23.6 Å². The smallest absolute Gasteiger partial charge is 0.306 e. The van der Waals surface area contributed by atoms with Crippen LogP contribution in [0.1, 0.15) is 59.8 Å². The molecule has 0 heterocycles. The van der Waals surface area contributed by atoms with Gasteiger partial charge in [-0.3, -0.25) is 14.4 Å². The van der Waals surface area contributed by atoms with Gasteiger partial charge in [0, 0.05) is 29.1 Å². The van der Waals surface area contributed by atoms with Crippen LogP contribution >= 0.6 is 0 Å². The van der Waals surface area contributed by atoms with E-state index in [-0.39, 0.29) is 31.3 Å². The highest BCUT2D eigenvalue weighted by Gasteiger charge is 2.77. The summed E-state index contributed by atoms with van der Waals surface area (Å²) in [5.41, 5.74) is -6.53. The minimum atomic E-state index is -2.27. The van der Waals surface area contributed by atoms with Crippen molar-refractivity contribution in [2.45, 2.75) is 77.2 Å². The van der Waals surface area contributed by atoms with Gasteiger partial charge in [-0.2, -0.15) is 0 Å². The number of aliphatic hydroxyl groups excluding tert-OH is 2. The van der Waals surface area contributed by atoms with Gasteiger partial charge in [0.15, 0.2) is 17.1 Å². The largest absolute Gasteiger partial charge is 0.450 e. The fourth-order valence-electron chi connectivity index (χ4n) is 7.85. The summed E-state index contributed by atoms with van der Waals surface area (Å²) >= 11 is 0. The molecular formula is C25H32F2O6. The van der Waals surface area contributed by atoms with Crippen molar-refractivity contribution in [2.24, 2.45) is 28.6 Å². The second-order valence-corrected chi connectivity index (χ2v) is 10.6. The highest BCUT2D eigenvalue weighted by atomic mass is 19.1.